The number of hydrogen-bond acceptors (Lipinski definition) is 3. The molecule has 8 heteroatoms. The summed E-state index contributed by atoms with van der Waals surface area (Å²) in [7, 11) is 0. The maximum Gasteiger partial charge on any atom is 0.237 e. The summed E-state index contributed by atoms with van der Waals surface area (Å²) in [5, 5.41) is 15.9. The molecule has 0 fully saturated rings. The second-order valence-electron chi connectivity index (χ2n) is 9.77. The van der Waals surface area contributed by atoms with E-state index in [1.807, 2.05) is 27.7 Å². The highest BCUT2D eigenvalue weighted by atomic mass is 35.5. The quantitative estimate of drug-likeness (QED) is 0.221. The maximum absolute atomic E-state index is 12.9. The highest BCUT2D eigenvalue weighted by Gasteiger charge is 2.28. The SMILES string of the molecule is CCCC(C)C(C)C(O)CNC(=O)C(CCCC(Cl)C(Cl)C(Cl)CCCl)NC(C)(C)C. The number of amides is 1. The van der Waals surface area contributed by atoms with Crippen LogP contribution in [0.1, 0.15) is 80.1 Å². The first-order chi connectivity index (χ1) is 14.3. The van der Waals surface area contributed by atoms with Gasteiger partial charge in [0.05, 0.1) is 28.3 Å². The third-order valence-electron chi connectivity index (χ3n) is 5.71. The number of carbonyl (C=O) groups excluding carboxylic acids is 1. The second-order valence-corrected chi connectivity index (χ2v) is 11.8. The Hall–Kier alpha value is 0.550. The van der Waals surface area contributed by atoms with Gasteiger partial charge in [0.15, 0.2) is 0 Å². The number of hydrogen-bond donors (Lipinski definition) is 3. The number of alkyl halides is 4. The molecule has 0 aliphatic carbocycles. The Labute approximate surface area is 210 Å². The normalized spacial score (nSPS) is 19.2. The van der Waals surface area contributed by atoms with Crippen LogP contribution in [0.3, 0.4) is 0 Å². The maximum atomic E-state index is 12.9. The Morgan fingerprint density at radius 1 is 1.00 bits per heavy atom. The second kappa shape index (κ2) is 16.2. The number of rotatable bonds is 16. The predicted octanol–water partition coefficient (Wildman–Crippen LogP) is 5.91. The molecule has 186 valence electrons. The van der Waals surface area contributed by atoms with E-state index in [9.17, 15) is 9.90 Å². The van der Waals surface area contributed by atoms with E-state index in [0.717, 1.165) is 19.3 Å². The van der Waals surface area contributed by atoms with Crippen LogP contribution in [0.25, 0.3) is 0 Å². The van der Waals surface area contributed by atoms with Gasteiger partial charge in [-0.25, -0.2) is 0 Å². The highest BCUT2D eigenvalue weighted by molar-refractivity contribution is 6.35. The van der Waals surface area contributed by atoms with Crippen molar-refractivity contribution in [3.63, 3.8) is 0 Å². The molecular weight excluding hydrogens is 478 g/mol. The Bertz CT molecular complexity index is 491. The van der Waals surface area contributed by atoms with Crippen LogP contribution >= 0.6 is 46.4 Å². The van der Waals surface area contributed by atoms with Crippen molar-refractivity contribution in [2.24, 2.45) is 11.8 Å². The van der Waals surface area contributed by atoms with Crippen LogP contribution in [0, 0.1) is 11.8 Å². The van der Waals surface area contributed by atoms with Crippen molar-refractivity contribution in [2.45, 2.75) is 114 Å². The topological polar surface area (TPSA) is 61.4 Å². The van der Waals surface area contributed by atoms with Crippen LogP contribution in [0.15, 0.2) is 0 Å². The smallest absolute Gasteiger partial charge is 0.237 e. The van der Waals surface area contributed by atoms with Crippen molar-refractivity contribution >= 4 is 52.3 Å². The molecule has 7 unspecified atom stereocenters. The van der Waals surface area contributed by atoms with E-state index in [0.29, 0.717) is 31.1 Å². The largest absolute Gasteiger partial charge is 0.391 e. The Morgan fingerprint density at radius 3 is 2.10 bits per heavy atom. The van der Waals surface area contributed by atoms with Gasteiger partial charge in [0, 0.05) is 18.0 Å². The summed E-state index contributed by atoms with van der Waals surface area (Å²) in [6.45, 7) is 12.7. The van der Waals surface area contributed by atoms with Crippen LogP contribution in [-0.2, 0) is 4.79 Å². The number of halogens is 4. The highest BCUT2D eigenvalue weighted by Crippen LogP contribution is 2.25. The molecule has 0 aliphatic heterocycles. The van der Waals surface area contributed by atoms with Crippen LogP contribution in [0.2, 0.25) is 0 Å². The van der Waals surface area contributed by atoms with E-state index in [4.69, 9.17) is 46.4 Å². The molecule has 7 atom stereocenters. The molecule has 0 saturated carbocycles. The lowest BCUT2D eigenvalue weighted by molar-refractivity contribution is -0.124. The Morgan fingerprint density at radius 2 is 1.58 bits per heavy atom. The fourth-order valence-corrected chi connectivity index (χ4v) is 4.86. The van der Waals surface area contributed by atoms with Crippen LogP contribution < -0.4 is 10.6 Å². The van der Waals surface area contributed by atoms with Gasteiger partial charge in [-0.1, -0.05) is 33.6 Å². The molecule has 0 heterocycles. The van der Waals surface area contributed by atoms with E-state index in [1.54, 1.807) is 0 Å². The molecule has 0 aromatic heterocycles. The van der Waals surface area contributed by atoms with Gasteiger partial charge in [0.2, 0.25) is 5.91 Å². The van der Waals surface area contributed by atoms with E-state index in [2.05, 4.69) is 24.5 Å². The molecule has 0 rings (SSSR count). The minimum absolute atomic E-state index is 0.102. The molecule has 0 radical (unpaired) electrons. The van der Waals surface area contributed by atoms with E-state index < -0.39 is 6.10 Å². The van der Waals surface area contributed by atoms with Gasteiger partial charge in [-0.3, -0.25) is 4.79 Å². The van der Waals surface area contributed by atoms with Gasteiger partial charge in [-0.2, -0.15) is 0 Å². The summed E-state index contributed by atoms with van der Waals surface area (Å²) in [5.74, 6) is 0.883. The van der Waals surface area contributed by atoms with Crippen molar-refractivity contribution < 1.29 is 9.90 Å². The molecule has 0 spiro atoms. The summed E-state index contributed by atoms with van der Waals surface area (Å²) in [6, 6.07) is -0.372. The van der Waals surface area contributed by atoms with Crippen molar-refractivity contribution in [3.05, 3.63) is 0 Å². The zero-order chi connectivity index (χ0) is 24.2. The van der Waals surface area contributed by atoms with Gasteiger partial charge >= 0.3 is 0 Å². The average molecular weight is 522 g/mol. The average Bonchev–Trinajstić information content (AvgIpc) is 2.68. The summed E-state index contributed by atoms with van der Waals surface area (Å²) in [5.41, 5.74) is -0.222. The Balaban J connectivity index is 4.76. The van der Waals surface area contributed by atoms with Crippen LogP contribution in [0.4, 0.5) is 0 Å². The number of aliphatic hydroxyl groups excluding tert-OH is 1. The van der Waals surface area contributed by atoms with Crippen molar-refractivity contribution in [1.29, 1.82) is 0 Å². The zero-order valence-electron chi connectivity index (χ0n) is 20.1. The lowest BCUT2D eigenvalue weighted by Crippen LogP contribution is -2.53. The standard InChI is InChI=1S/C23H44Cl4N2O2/c1-7-9-15(2)16(3)20(30)14-28-22(31)19(29-23(4,5)6)11-8-10-17(25)21(27)18(26)12-13-24/h15-21,29-30H,7-14H2,1-6H3,(H,28,31). The molecule has 0 saturated heterocycles. The molecule has 1 amide bonds. The van der Waals surface area contributed by atoms with Gasteiger partial charge in [-0.15, -0.1) is 46.4 Å². The van der Waals surface area contributed by atoms with Gasteiger partial charge < -0.3 is 15.7 Å². The fraction of sp³-hybridized carbons (Fsp3) is 0.957. The lowest BCUT2D eigenvalue weighted by atomic mass is 9.87. The molecule has 0 aromatic rings. The first kappa shape index (κ1) is 31.6. The third kappa shape index (κ3) is 13.8. The number of carbonyl (C=O) groups is 1. The molecule has 0 bridgehead atoms. The zero-order valence-corrected chi connectivity index (χ0v) is 23.1. The minimum atomic E-state index is -0.562. The first-order valence-electron chi connectivity index (χ1n) is 11.6. The molecule has 3 N–H and O–H groups in total. The van der Waals surface area contributed by atoms with Crippen molar-refractivity contribution in [1.82, 2.24) is 10.6 Å². The summed E-state index contributed by atoms with van der Waals surface area (Å²) in [4.78, 5) is 12.9. The van der Waals surface area contributed by atoms with E-state index in [-0.39, 0.29) is 46.1 Å². The Kier molecular flexibility index (Phi) is 16.5. The molecule has 31 heavy (non-hydrogen) atoms. The fourth-order valence-electron chi connectivity index (χ4n) is 3.57. The molecule has 4 nitrogen and oxygen atoms in total. The monoisotopic (exact) mass is 520 g/mol. The predicted molar refractivity (Wildman–Crippen MR) is 137 cm³/mol. The third-order valence-corrected chi connectivity index (χ3v) is 7.77. The van der Waals surface area contributed by atoms with Gasteiger partial charge in [0.1, 0.15) is 0 Å². The summed E-state index contributed by atoms with van der Waals surface area (Å²) < 4.78 is 0. The number of nitrogens with one attached hydrogen (secondary N) is 2. The van der Waals surface area contributed by atoms with Crippen molar-refractivity contribution in [2.75, 3.05) is 12.4 Å². The lowest BCUT2D eigenvalue weighted by Gasteiger charge is -2.30. The molecular formula is C23H44Cl4N2O2. The molecule has 0 aromatic carbocycles. The minimum Gasteiger partial charge on any atom is -0.391 e. The summed E-state index contributed by atoms with van der Waals surface area (Å²) in [6.07, 6.45) is 4.21. The first-order valence-corrected chi connectivity index (χ1v) is 13.4. The van der Waals surface area contributed by atoms with E-state index >= 15 is 0 Å². The van der Waals surface area contributed by atoms with Gasteiger partial charge in [-0.05, 0) is 58.3 Å². The van der Waals surface area contributed by atoms with Crippen molar-refractivity contribution in [3.8, 4) is 0 Å². The summed E-state index contributed by atoms with van der Waals surface area (Å²) >= 11 is 24.8. The van der Waals surface area contributed by atoms with Crippen LogP contribution in [0.5, 0.6) is 0 Å². The number of aliphatic hydroxyl groups is 1. The van der Waals surface area contributed by atoms with E-state index in [1.165, 1.54) is 0 Å². The van der Waals surface area contributed by atoms with Gasteiger partial charge in [0.25, 0.3) is 0 Å². The van der Waals surface area contributed by atoms with Crippen LogP contribution in [-0.4, -0.2) is 57.3 Å². The molecule has 0 aliphatic rings.